The fourth-order valence-corrected chi connectivity index (χ4v) is 3.93. The number of nitrogens with one attached hydrogen (secondary N) is 1. The van der Waals surface area contributed by atoms with Gasteiger partial charge in [-0.3, -0.25) is 9.59 Å². The van der Waals surface area contributed by atoms with Crippen LogP contribution in [-0.2, 0) is 9.59 Å². The van der Waals surface area contributed by atoms with Gasteiger partial charge in [-0.2, -0.15) is 0 Å². The first-order valence-corrected chi connectivity index (χ1v) is 9.21. The van der Waals surface area contributed by atoms with Crippen LogP contribution in [-0.4, -0.2) is 31.2 Å². The van der Waals surface area contributed by atoms with E-state index >= 15 is 0 Å². The topological polar surface area (TPSA) is 67.9 Å². The average Bonchev–Trinajstić information content (AvgIpc) is 3.15. The number of amides is 2. The highest BCUT2D eigenvalue weighted by molar-refractivity contribution is 6.00. The Bertz CT molecular complexity index is 667. The van der Waals surface area contributed by atoms with Crippen LogP contribution in [0.4, 0.5) is 5.69 Å². The number of carbonyl (C=O) groups is 2. The standard InChI is InChI=1S/C19H24N2O4/c22-18-9-13(19(23)20-14-5-3-1-2-4-6-14)11-21(18)15-7-8-16-17(10-15)25-12-24-16/h7-8,10,13-14H,1-6,9,11-12H2,(H,20,23). The van der Waals surface area contributed by atoms with Crippen molar-refractivity contribution >= 4 is 17.5 Å². The number of ether oxygens (including phenoxy) is 2. The molecule has 0 spiro atoms. The van der Waals surface area contributed by atoms with E-state index in [-0.39, 0.29) is 37.0 Å². The van der Waals surface area contributed by atoms with Crippen molar-refractivity contribution in [1.82, 2.24) is 5.32 Å². The van der Waals surface area contributed by atoms with Crippen molar-refractivity contribution in [2.45, 2.75) is 51.0 Å². The van der Waals surface area contributed by atoms with Gasteiger partial charge in [0, 0.05) is 30.8 Å². The van der Waals surface area contributed by atoms with Gasteiger partial charge >= 0.3 is 0 Å². The maximum absolute atomic E-state index is 12.6. The minimum absolute atomic E-state index is 0.0140. The Labute approximate surface area is 147 Å². The molecule has 2 aliphatic heterocycles. The largest absolute Gasteiger partial charge is 0.454 e. The van der Waals surface area contributed by atoms with E-state index in [1.54, 1.807) is 4.90 Å². The average molecular weight is 344 g/mol. The zero-order chi connectivity index (χ0) is 17.2. The van der Waals surface area contributed by atoms with Crippen LogP contribution in [0.5, 0.6) is 11.5 Å². The molecule has 1 aromatic rings. The quantitative estimate of drug-likeness (QED) is 0.856. The van der Waals surface area contributed by atoms with Crippen molar-refractivity contribution in [2.75, 3.05) is 18.2 Å². The lowest BCUT2D eigenvalue weighted by Crippen LogP contribution is -2.39. The van der Waals surface area contributed by atoms with E-state index in [2.05, 4.69) is 5.32 Å². The van der Waals surface area contributed by atoms with E-state index in [1.165, 1.54) is 25.7 Å². The highest BCUT2D eigenvalue weighted by Crippen LogP contribution is 2.37. The van der Waals surface area contributed by atoms with E-state index < -0.39 is 0 Å². The van der Waals surface area contributed by atoms with Crippen molar-refractivity contribution in [1.29, 1.82) is 0 Å². The van der Waals surface area contributed by atoms with Gasteiger partial charge in [-0.15, -0.1) is 0 Å². The summed E-state index contributed by atoms with van der Waals surface area (Å²) in [6, 6.07) is 5.73. The lowest BCUT2D eigenvalue weighted by atomic mass is 10.0. The van der Waals surface area contributed by atoms with Gasteiger partial charge in [0.05, 0.1) is 5.92 Å². The maximum atomic E-state index is 12.6. The summed E-state index contributed by atoms with van der Waals surface area (Å²) in [5, 5.41) is 3.17. The smallest absolute Gasteiger partial charge is 0.231 e. The number of nitrogens with zero attached hydrogens (tertiary/aromatic N) is 1. The molecule has 0 radical (unpaired) electrons. The third-order valence-electron chi connectivity index (χ3n) is 5.37. The predicted octanol–water partition coefficient (Wildman–Crippen LogP) is 2.61. The summed E-state index contributed by atoms with van der Waals surface area (Å²) >= 11 is 0. The maximum Gasteiger partial charge on any atom is 0.231 e. The molecule has 2 heterocycles. The minimum Gasteiger partial charge on any atom is -0.454 e. The molecule has 2 fully saturated rings. The Hall–Kier alpha value is -2.24. The lowest BCUT2D eigenvalue weighted by Gasteiger charge is -2.20. The van der Waals surface area contributed by atoms with Crippen LogP contribution in [0, 0.1) is 5.92 Å². The van der Waals surface area contributed by atoms with Crippen LogP contribution in [0.25, 0.3) is 0 Å². The Kier molecular flexibility index (Phi) is 4.51. The van der Waals surface area contributed by atoms with Gasteiger partial charge in [0.25, 0.3) is 0 Å². The number of hydrogen-bond donors (Lipinski definition) is 1. The van der Waals surface area contributed by atoms with Gasteiger partial charge in [-0.1, -0.05) is 25.7 Å². The number of carbonyl (C=O) groups excluding carboxylic acids is 2. The number of benzene rings is 1. The minimum atomic E-state index is -0.277. The summed E-state index contributed by atoms with van der Waals surface area (Å²) in [5.74, 6) is 1.07. The molecular formula is C19H24N2O4. The molecule has 6 heteroatoms. The molecule has 25 heavy (non-hydrogen) atoms. The molecule has 0 aromatic heterocycles. The van der Waals surface area contributed by atoms with E-state index in [4.69, 9.17) is 9.47 Å². The van der Waals surface area contributed by atoms with E-state index in [0.717, 1.165) is 18.5 Å². The SMILES string of the molecule is O=C(NC1CCCCCC1)C1CC(=O)N(c2ccc3c(c2)OCO3)C1. The molecule has 1 aromatic carbocycles. The highest BCUT2D eigenvalue weighted by Gasteiger charge is 2.36. The van der Waals surface area contributed by atoms with Crippen LogP contribution in [0.3, 0.4) is 0 Å². The number of fused-ring (bicyclic) bond motifs is 1. The molecule has 0 bridgehead atoms. The summed E-state index contributed by atoms with van der Waals surface area (Å²) in [7, 11) is 0. The van der Waals surface area contributed by atoms with Crippen LogP contribution < -0.4 is 19.7 Å². The fraction of sp³-hybridized carbons (Fsp3) is 0.579. The van der Waals surface area contributed by atoms with Crippen LogP contribution in [0.1, 0.15) is 44.9 Å². The van der Waals surface area contributed by atoms with Gasteiger partial charge in [0.15, 0.2) is 11.5 Å². The normalized spacial score (nSPS) is 23.6. The first-order valence-electron chi connectivity index (χ1n) is 9.21. The predicted molar refractivity (Wildman–Crippen MR) is 92.7 cm³/mol. The van der Waals surface area contributed by atoms with Crippen molar-refractivity contribution < 1.29 is 19.1 Å². The molecule has 3 aliphatic rings. The molecule has 2 amide bonds. The molecular weight excluding hydrogens is 320 g/mol. The second-order valence-corrected chi connectivity index (χ2v) is 7.14. The lowest BCUT2D eigenvalue weighted by molar-refractivity contribution is -0.127. The summed E-state index contributed by atoms with van der Waals surface area (Å²) in [6.07, 6.45) is 7.25. The molecule has 4 rings (SSSR count). The van der Waals surface area contributed by atoms with Crippen molar-refractivity contribution in [3.63, 3.8) is 0 Å². The van der Waals surface area contributed by atoms with Crippen molar-refractivity contribution in [3.05, 3.63) is 18.2 Å². The third kappa shape index (κ3) is 3.43. The Morgan fingerprint density at radius 2 is 1.84 bits per heavy atom. The molecule has 1 N–H and O–H groups in total. The first kappa shape index (κ1) is 16.2. The first-order chi connectivity index (χ1) is 12.2. The summed E-state index contributed by atoms with van der Waals surface area (Å²) < 4.78 is 10.7. The zero-order valence-electron chi connectivity index (χ0n) is 14.3. The monoisotopic (exact) mass is 344 g/mol. The summed E-state index contributed by atoms with van der Waals surface area (Å²) in [6.45, 7) is 0.635. The van der Waals surface area contributed by atoms with E-state index in [1.807, 2.05) is 18.2 Å². The molecule has 6 nitrogen and oxygen atoms in total. The Balaban J connectivity index is 1.40. The Morgan fingerprint density at radius 3 is 2.64 bits per heavy atom. The van der Waals surface area contributed by atoms with E-state index in [0.29, 0.717) is 18.0 Å². The summed E-state index contributed by atoms with van der Waals surface area (Å²) in [4.78, 5) is 26.7. The van der Waals surface area contributed by atoms with Gasteiger partial charge in [0.1, 0.15) is 0 Å². The number of hydrogen-bond acceptors (Lipinski definition) is 4. The summed E-state index contributed by atoms with van der Waals surface area (Å²) in [5.41, 5.74) is 0.763. The second kappa shape index (κ2) is 6.94. The molecule has 1 atom stereocenters. The van der Waals surface area contributed by atoms with Gasteiger partial charge in [0.2, 0.25) is 18.6 Å². The Morgan fingerprint density at radius 1 is 1.08 bits per heavy atom. The van der Waals surface area contributed by atoms with Crippen LogP contribution in [0.2, 0.25) is 0 Å². The van der Waals surface area contributed by atoms with Gasteiger partial charge in [-0.05, 0) is 25.0 Å². The van der Waals surface area contributed by atoms with Gasteiger partial charge < -0.3 is 19.7 Å². The van der Waals surface area contributed by atoms with Gasteiger partial charge in [-0.25, -0.2) is 0 Å². The molecule has 1 saturated heterocycles. The zero-order valence-corrected chi connectivity index (χ0v) is 14.3. The van der Waals surface area contributed by atoms with Crippen molar-refractivity contribution in [2.24, 2.45) is 5.92 Å². The van der Waals surface area contributed by atoms with Crippen molar-refractivity contribution in [3.8, 4) is 11.5 Å². The molecule has 1 aliphatic carbocycles. The fourth-order valence-electron chi connectivity index (χ4n) is 3.93. The number of anilines is 1. The highest BCUT2D eigenvalue weighted by atomic mass is 16.7. The second-order valence-electron chi connectivity index (χ2n) is 7.14. The van der Waals surface area contributed by atoms with E-state index in [9.17, 15) is 9.59 Å². The number of rotatable bonds is 3. The molecule has 1 saturated carbocycles. The molecule has 1 unspecified atom stereocenters. The van der Waals surface area contributed by atoms with Crippen LogP contribution >= 0.6 is 0 Å². The molecule has 134 valence electrons. The van der Waals surface area contributed by atoms with Crippen LogP contribution in [0.15, 0.2) is 18.2 Å². The third-order valence-corrected chi connectivity index (χ3v) is 5.37.